The van der Waals surface area contributed by atoms with Gasteiger partial charge in [-0.15, -0.1) is 0 Å². The van der Waals surface area contributed by atoms with Crippen molar-refractivity contribution in [3.8, 4) is 0 Å². The summed E-state index contributed by atoms with van der Waals surface area (Å²) in [4.78, 5) is 11.2. The predicted molar refractivity (Wildman–Crippen MR) is 58.6 cm³/mol. The normalized spacial score (nSPS) is 15.0. The molecule has 0 aromatic heterocycles. The van der Waals surface area contributed by atoms with Crippen molar-refractivity contribution >= 4 is 25.0 Å². The molecule has 1 unspecified atom stereocenters. The Morgan fingerprint density at radius 3 is 2.46 bits per heavy atom. The fourth-order valence-electron chi connectivity index (χ4n) is 0.932. The van der Waals surface area contributed by atoms with Gasteiger partial charge in [0.15, 0.2) is 0 Å². The second-order valence-electron chi connectivity index (χ2n) is 3.26. The van der Waals surface area contributed by atoms with Crippen molar-refractivity contribution in [3.63, 3.8) is 0 Å². The van der Waals surface area contributed by atoms with Gasteiger partial charge in [0.1, 0.15) is 10.5 Å². The van der Waals surface area contributed by atoms with Gasteiger partial charge >= 0.3 is 14.5 Å². The first-order valence-corrected chi connectivity index (χ1v) is 7.73. The largest absolute Gasteiger partial charge is 0.492 e. The summed E-state index contributed by atoms with van der Waals surface area (Å²) in [7, 11) is -1.58. The fourth-order valence-corrected chi connectivity index (χ4v) is 3.66. The Hall–Kier alpha value is -0.396. The lowest BCUT2D eigenvalue weighted by atomic mass is 10.4. The number of carbonyl (C=O) groups is 1. The molecule has 0 spiro atoms. The Morgan fingerprint density at radius 1 is 1.62 bits per heavy atom. The van der Waals surface area contributed by atoms with Gasteiger partial charge in [-0.05, 0) is 13.5 Å². The molecule has 3 nitrogen and oxygen atoms in total. The Balaban J connectivity index is 4.26. The van der Waals surface area contributed by atoms with Crippen LogP contribution in [0.1, 0.15) is 20.3 Å². The quantitative estimate of drug-likeness (QED) is 0.508. The van der Waals surface area contributed by atoms with E-state index in [-0.39, 0.29) is 5.97 Å². The first-order valence-electron chi connectivity index (χ1n) is 4.39. The van der Waals surface area contributed by atoms with E-state index in [1.165, 1.54) is 0 Å². The van der Waals surface area contributed by atoms with Gasteiger partial charge in [-0.25, -0.2) is 4.79 Å². The molecule has 0 saturated heterocycles. The monoisotopic (exact) mass is 218 g/mol. The van der Waals surface area contributed by atoms with Gasteiger partial charge in [-0.3, -0.25) is 0 Å². The summed E-state index contributed by atoms with van der Waals surface area (Å²) in [6, 6.07) is 0.857. The Morgan fingerprint density at radius 2 is 2.15 bits per heavy atom. The van der Waals surface area contributed by atoms with Crippen molar-refractivity contribution in [1.82, 2.24) is 0 Å². The lowest BCUT2D eigenvalue weighted by molar-refractivity contribution is -0.131. The fraction of sp³-hybridized carbons (Fsp3) is 0.625. The van der Waals surface area contributed by atoms with Crippen LogP contribution in [0, 0.1) is 0 Å². The lowest BCUT2D eigenvalue weighted by Gasteiger charge is -2.24. The van der Waals surface area contributed by atoms with Crippen LogP contribution in [-0.2, 0) is 13.3 Å². The maximum Gasteiger partial charge on any atom is 0.388 e. The smallest absolute Gasteiger partial charge is 0.388 e. The van der Waals surface area contributed by atoms with E-state index in [0.717, 1.165) is 12.5 Å². The average molecular weight is 218 g/mol. The number of carbonyl (C=O) groups excluding carboxylic acids is 1. The van der Waals surface area contributed by atoms with Crippen molar-refractivity contribution in [2.24, 2.45) is 0 Å². The highest BCUT2D eigenvalue weighted by Crippen LogP contribution is 2.15. The van der Waals surface area contributed by atoms with Gasteiger partial charge < -0.3 is 8.54 Å². The van der Waals surface area contributed by atoms with Crippen molar-refractivity contribution in [1.29, 1.82) is 0 Å². The minimum Gasteiger partial charge on any atom is -0.492 e. The van der Waals surface area contributed by atoms with Crippen LogP contribution in [0.4, 0.5) is 0 Å². The van der Waals surface area contributed by atoms with E-state index in [1.54, 1.807) is 6.92 Å². The van der Waals surface area contributed by atoms with Crippen LogP contribution < -0.4 is 0 Å². The predicted octanol–water partition coefficient (Wildman–Crippen LogP) is 0.885. The third kappa shape index (κ3) is 4.40. The highest BCUT2D eigenvalue weighted by atomic mass is 28.4. The zero-order valence-electron chi connectivity index (χ0n) is 8.85. The summed E-state index contributed by atoms with van der Waals surface area (Å²) < 4.78 is 10.7. The maximum absolute atomic E-state index is 11.2. The zero-order chi connectivity index (χ0) is 10.5. The molecule has 0 aliphatic carbocycles. The summed E-state index contributed by atoms with van der Waals surface area (Å²) in [5.41, 5.74) is 0.438. The molecule has 1 atom stereocenters. The number of hydrogen-bond donors (Lipinski definition) is 0. The standard InChI is InChI=1S/C8H18O3Si2/c1-5-6-13(4,11-12)10-8(9)7(2)3/h2,5-6H2,1,3-4,12H3. The molecule has 0 aliphatic heterocycles. The van der Waals surface area contributed by atoms with E-state index in [0.29, 0.717) is 16.1 Å². The SMILES string of the molecule is C=C(C)C(=O)O[Si](C)(CCC)O[SiH3]. The summed E-state index contributed by atoms with van der Waals surface area (Å²) in [5, 5.41) is 0. The van der Waals surface area contributed by atoms with Gasteiger partial charge in [0.2, 0.25) is 0 Å². The average Bonchev–Trinajstić information content (AvgIpc) is 2.04. The van der Waals surface area contributed by atoms with Gasteiger partial charge in [0, 0.05) is 11.6 Å². The number of rotatable bonds is 5. The Labute approximate surface area is 83.9 Å². The maximum atomic E-state index is 11.2. The molecular weight excluding hydrogens is 200 g/mol. The van der Waals surface area contributed by atoms with Crippen molar-refractivity contribution in [2.75, 3.05) is 0 Å². The van der Waals surface area contributed by atoms with Crippen molar-refractivity contribution < 1.29 is 13.3 Å². The molecule has 0 amide bonds. The van der Waals surface area contributed by atoms with Gasteiger partial charge in [-0.2, -0.15) is 0 Å². The molecular formula is C8H18O3Si2. The van der Waals surface area contributed by atoms with Gasteiger partial charge in [0.25, 0.3) is 0 Å². The van der Waals surface area contributed by atoms with E-state index in [1.807, 2.05) is 6.55 Å². The summed E-state index contributed by atoms with van der Waals surface area (Å²) in [5.74, 6) is -0.321. The van der Waals surface area contributed by atoms with Gasteiger partial charge in [0.05, 0.1) is 0 Å². The number of hydrogen-bond acceptors (Lipinski definition) is 3. The summed E-state index contributed by atoms with van der Waals surface area (Å²) in [6.07, 6.45) is 0.981. The van der Waals surface area contributed by atoms with Gasteiger partial charge in [-0.1, -0.05) is 19.9 Å². The second-order valence-corrected chi connectivity index (χ2v) is 7.86. The van der Waals surface area contributed by atoms with Crippen LogP contribution in [0.2, 0.25) is 12.6 Å². The molecule has 0 aromatic carbocycles. The minimum absolute atomic E-state index is 0.321. The molecule has 0 saturated carbocycles. The molecule has 0 aromatic rings. The van der Waals surface area contributed by atoms with Crippen LogP contribution in [0.25, 0.3) is 0 Å². The first kappa shape index (κ1) is 12.6. The van der Waals surface area contributed by atoms with E-state index < -0.39 is 8.56 Å². The van der Waals surface area contributed by atoms with Crippen LogP contribution >= 0.6 is 0 Å². The minimum atomic E-state index is -2.20. The third-order valence-corrected chi connectivity index (χ3v) is 7.27. The molecule has 76 valence electrons. The van der Waals surface area contributed by atoms with Crippen LogP contribution in [0.5, 0.6) is 0 Å². The Kier molecular flexibility index (Phi) is 5.20. The van der Waals surface area contributed by atoms with Crippen molar-refractivity contribution in [3.05, 3.63) is 12.2 Å². The molecule has 0 heterocycles. The zero-order valence-corrected chi connectivity index (χ0v) is 11.8. The molecule has 0 rings (SSSR count). The Bertz CT molecular complexity index is 206. The van der Waals surface area contributed by atoms with Crippen molar-refractivity contribution in [2.45, 2.75) is 32.9 Å². The highest BCUT2D eigenvalue weighted by Gasteiger charge is 2.32. The molecule has 0 bridgehead atoms. The molecule has 5 heteroatoms. The molecule has 0 N–H and O–H groups in total. The highest BCUT2D eigenvalue weighted by molar-refractivity contribution is 6.70. The molecule has 0 fully saturated rings. The van der Waals surface area contributed by atoms with Crippen LogP contribution in [0.15, 0.2) is 12.2 Å². The van der Waals surface area contributed by atoms with E-state index in [2.05, 4.69) is 13.5 Å². The van der Waals surface area contributed by atoms with Crippen LogP contribution in [0.3, 0.4) is 0 Å². The van der Waals surface area contributed by atoms with E-state index >= 15 is 0 Å². The van der Waals surface area contributed by atoms with E-state index in [9.17, 15) is 4.79 Å². The first-order chi connectivity index (χ1) is 5.95. The molecule has 0 radical (unpaired) electrons. The summed E-state index contributed by atoms with van der Waals surface area (Å²) >= 11 is 0. The molecule has 13 heavy (non-hydrogen) atoms. The molecule has 0 aliphatic rings. The third-order valence-electron chi connectivity index (χ3n) is 1.79. The van der Waals surface area contributed by atoms with Crippen LogP contribution in [-0.4, -0.2) is 25.0 Å². The second kappa shape index (κ2) is 5.36. The lowest BCUT2D eigenvalue weighted by Crippen LogP contribution is -2.40. The van der Waals surface area contributed by atoms with E-state index in [4.69, 9.17) is 8.54 Å². The topological polar surface area (TPSA) is 35.5 Å². The summed E-state index contributed by atoms with van der Waals surface area (Å²) in [6.45, 7) is 9.16.